The predicted molar refractivity (Wildman–Crippen MR) is 72.7 cm³/mol. The van der Waals surface area contributed by atoms with Crippen molar-refractivity contribution in [1.82, 2.24) is 9.88 Å². The van der Waals surface area contributed by atoms with Crippen LogP contribution in [0, 0.1) is 5.92 Å². The van der Waals surface area contributed by atoms with Gasteiger partial charge in [-0.15, -0.1) is 0 Å². The molecule has 0 spiro atoms. The maximum absolute atomic E-state index is 11.9. The number of carbonyl (C=O) groups is 1. The maximum atomic E-state index is 11.9. The minimum atomic E-state index is 0.186. The van der Waals surface area contributed by atoms with E-state index in [4.69, 9.17) is 23.2 Å². The van der Waals surface area contributed by atoms with E-state index in [1.807, 2.05) is 4.90 Å². The second-order valence-corrected chi connectivity index (χ2v) is 5.49. The molecule has 1 aliphatic heterocycles. The minimum absolute atomic E-state index is 0.186. The molecule has 3 nitrogen and oxygen atoms in total. The molecule has 0 aliphatic carbocycles. The van der Waals surface area contributed by atoms with Gasteiger partial charge in [0.2, 0.25) is 5.91 Å². The molecule has 0 radical (unpaired) electrons. The van der Waals surface area contributed by atoms with Gasteiger partial charge in [0.05, 0.1) is 17.3 Å². The Hall–Kier alpha value is -0.800. The largest absolute Gasteiger partial charge is 0.336 e. The first-order valence-electron chi connectivity index (χ1n) is 6.19. The van der Waals surface area contributed by atoms with Gasteiger partial charge in [-0.05, 0) is 24.5 Å². The van der Waals surface area contributed by atoms with Crippen LogP contribution in [0.5, 0.6) is 0 Å². The molecule has 1 amide bonds. The van der Waals surface area contributed by atoms with E-state index < -0.39 is 0 Å². The van der Waals surface area contributed by atoms with Crippen LogP contribution in [0.25, 0.3) is 0 Å². The van der Waals surface area contributed by atoms with Crippen molar-refractivity contribution in [2.45, 2.75) is 32.7 Å². The highest BCUT2D eigenvalue weighted by Crippen LogP contribution is 2.25. The van der Waals surface area contributed by atoms with Crippen molar-refractivity contribution in [2.75, 3.05) is 6.54 Å². The standard InChI is InChI=1S/C13H16Cl2N2O/c1-2-3-9-6-13(18)17(7-9)8-11-10(14)4-5-12(15)16-11/h4-5,9H,2-3,6-8H2,1H3. The number of hydrogen-bond donors (Lipinski definition) is 0. The zero-order valence-electron chi connectivity index (χ0n) is 10.3. The monoisotopic (exact) mass is 286 g/mol. The van der Waals surface area contributed by atoms with Crippen LogP contribution in [0.15, 0.2) is 12.1 Å². The zero-order chi connectivity index (χ0) is 13.1. The molecule has 1 unspecified atom stereocenters. The average Bonchev–Trinajstić information content (AvgIpc) is 2.65. The molecule has 1 saturated heterocycles. The molecule has 0 saturated carbocycles. The Bertz CT molecular complexity index is 451. The fourth-order valence-electron chi connectivity index (χ4n) is 2.36. The van der Waals surface area contributed by atoms with Gasteiger partial charge in [-0.2, -0.15) is 0 Å². The third-order valence-corrected chi connectivity index (χ3v) is 3.77. The normalized spacial score (nSPS) is 19.6. The number of carbonyl (C=O) groups excluding carboxylic acids is 1. The Morgan fingerprint density at radius 2 is 2.22 bits per heavy atom. The topological polar surface area (TPSA) is 33.2 Å². The summed E-state index contributed by atoms with van der Waals surface area (Å²) in [6.45, 7) is 3.40. The van der Waals surface area contributed by atoms with Gasteiger partial charge in [-0.1, -0.05) is 36.5 Å². The zero-order valence-corrected chi connectivity index (χ0v) is 11.8. The number of rotatable bonds is 4. The van der Waals surface area contributed by atoms with Gasteiger partial charge in [0.15, 0.2) is 0 Å². The number of aromatic nitrogens is 1. The Balaban J connectivity index is 2.05. The number of halogens is 2. The molecule has 1 aromatic heterocycles. The lowest BCUT2D eigenvalue weighted by atomic mass is 10.0. The van der Waals surface area contributed by atoms with Gasteiger partial charge in [-0.3, -0.25) is 4.79 Å². The lowest BCUT2D eigenvalue weighted by Crippen LogP contribution is -2.25. The third kappa shape index (κ3) is 3.15. The summed E-state index contributed by atoms with van der Waals surface area (Å²) in [4.78, 5) is 17.9. The number of likely N-dealkylation sites (tertiary alicyclic amines) is 1. The van der Waals surface area contributed by atoms with Crippen molar-refractivity contribution in [3.63, 3.8) is 0 Å². The van der Waals surface area contributed by atoms with Crippen LogP contribution in [0.4, 0.5) is 0 Å². The summed E-state index contributed by atoms with van der Waals surface area (Å²) in [6, 6.07) is 3.37. The van der Waals surface area contributed by atoms with E-state index in [1.165, 1.54) is 0 Å². The Morgan fingerprint density at radius 3 is 2.94 bits per heavy atom. The second-order valence-electron chi connectivity index (χ2n) is 4.70. The third-order valence-electron chi connectivity index (χ3n) is 3.22. The predicted octanol–water partition coefficient (Wildman–Crippen LogP) is 3.54. The summed E-state index contributed by atoms with van der Waals surface area (Å²) in [7, 11) is 0. The Kier molecular flexibility index (Phi) is 4.46. The molecule has 5 heteroatoms. The molecular formula is C13H16Cl2N2O. The van der Waals surface area contributed by atoms with Crippen molar-refractivity contribution < 1.29 is 4.79 Å². The van der Waals surface area contributed by atoms with E-state index in [-0.39, 0.29) is 5.91 Å². The smallest absolute Gasteiger partial charge is 0.223 e. The van der Waals surface area contributed by atoms with Crippen LogP contribution >= 0.6 is 23.2 Å². The van der Waals surface area contributed by atoms with Crippen LogP contribution in [-0.2, 0) is 11.3 Å². The average molecular weight is 287 g/mol. The fourth-order valence-corrected chi connectivity index (χ4v) is 2.69. The van der Waals surface area contributed by atoms with Crippen LogP contribution in [-0.4, -0.2) is 22.3 Å². The maximum Gasteiger partial charge on any atom is 0.223 e. The van der Waals surface area contributed by atoms with Crippen LogP contribution < -0.4 is 0 Å². The summed E-state index contributed by atoms with van der Waals surface area (Å²) in [5.74, 6) is 0.659. The van der Waals surface area contributed by atoms with Crippen LogP contribution in [0.1, 0.15) is 31.9 Å². The summed E-state index contributed by atoms with van der Waals surface area (Å²) >= 11 is 11.9. The molecule has 2 rings (SSSR count). The van der Waals surface area contributed by atoms with E-state index >= 15 is 0 Å². The number of nitrogens with zero attached hydrogens (tertiary/aromatic N) is 2. The van der Waals surface area contributed by atoms with Crippen molar-refractivity contribution in [2.24, 2.45) is 5.92 Å². The summed E-state index contributed by atoms with van der Waals surface area (Å²) in [5.41, 5.74) is 0.676. The van der Waals surface area contributed by atoms with Crippen molar-refractivity contribution in [1.29, 1.82) is 0 Å². The lowest BCUT2D eigenvalue weighted by molar-refractivity contribution is -0.128. The molecule has 2 heterocycles. The lowest BCUT2D eigenvalue weighted by Gasteiger charge is -2.16. The number of hydrogen-bond acceptors (Lipinski definition) is 2. The second kappa shape index (κ2) is 5.89. The number of pyridine rings is 1. The molecule has 0 aromatic carbocycles. The summed E-state index contributed by atoms with van der Waals surface area (Å²) in [6.07, 6.45) is 2.85. The molecule has 0 N–H and O–H groups in total. The summed E-state index contributed by atoms with van der Waals surface area (Å²) < 4.78 is 0. The first kappa shape index (κ1) is 13.6. The molecule has 0 bridgehead atoms. The van der Waals surface area contributed by atoms with Gasteiger partial charge in [0.1, 0.15) is 5.15 Å². The molecule has 18 heavy (non-hydrogen) atoms. The van der Waals surface area contributed by atoms with Crippen LogP contribution in [0.2, 0.25) is 10.2 Å². The van der Waals surface area contributed by atoms with E-state index in [9.17, 15) is 4.79 Å². The highest BCUT2D eigenvalue weighted by atomic mass is 35.5. The minimum Gasteiger partial charge on any atom is -0.336 e. The van der Waals surface area contributed by atoms with Gasteiger partial charge < -0.3 is 4.90 Å². The fraction of sp³-hybridized carbons (Fsp3) is 0.538. The Morgan fingerprint density at radius 1 is 1.44 bits per heavy atom. The van der Waals surface area contributed by atoms with Crippen LogP contribution in [0.3, 0.4) is 0 Å². The van der Waals surface area contributed by atoms with Crippen molar-refractivity contribution >= 4 is 29.1 Å². The van der Waals surface area contributed by atoms with Crippen molar-refractivity contribution in [3.05, 3.63) is 28.0 Å². The van der Waals surface area contributed by atoms with E-state index in [1.54, 1.807) is 12.1 Å². The molecule has 1 atom stereocenters. The first-order chi connectivity index (χ1) is 8.60. The molecule has 98 valence electrons. The van der Waals surface area contributed by atoms with Gasteiger partial charge in [-0.25, -0.2) is 4.98 Å². The Labute approximate surface area is 117 Å². The van der Waals surface area contributed by atoms with E-state index in [0.29, 0.717) is 34.8 Å². The highest BCUT2D eigenvalue weighted by Gasteiger charge is 2.29. The van der Waals surface area contributed by atoms with Gasteiger partial charge in [0.25, 0.3) is 0 Å². The molecule has 1 fully saturated rings. The summed E-state index contributed by atoms with van der Waals surface area (Å²) in [5, 5.41) is 0.970. The molecular weight excluding hydrogens is 271 g/mol. The quantitative estimate of drug-likeness (QED) is 0.794. The SMILES string of the molecule is CCCC1CC(=O)N(Cc2nc(Cl)ccc2Cl)C1. The molecule has 1 aliphatic rings. The highest BCUT2D eigenvalue weighted by molar-refractivity contribution is 6.32. The number of amides is 1. The van der Waals surface area contributed by atoms with Gasteiger partial charge >= 0.3 is 0 Å². The molecule has 1 aromatic rings. The van der Waals surface area contributed by atoms with Crippen molar-refractivity contribution in [3.8, 4) is 0 Å². The van der Waals surface area contributed by atoms with E-state index in [2.05, 4.69) is 11.9 Å². The van der Waals surface area contributed by atoms with Gasteiger partial charge in [0, 0.05) is 13.0 Å². The first-order valence-corrected chi connectivity index (χ1v) is 6.94. The van der Waals surface area contributed by atoms with E-state index in [0.717, 1.165) is 19.4 Å².